The third-order valence-corrected chi connectivity index (χ3v) is 6.30. The van der Waals surface area contributed by atoms with E-state index >= 15 is 0 Å². The lowest BCUT2D eigenvalue weighted by Gasteiger charge is -2.33. The highest BCUT2D eigenvalue weighted by molar-refractivity contribution is 7.89. The molecule has 0 amide bonds. The third-order valence-electron chi connectivity index (χ3n) is 4.29. The highest BCUT2D eigenvalue weighted by atomic mass is 32.2. The zero-order valence-corrected chi connectivity index (χ0v) is 13.4. The van der Waals surface area contributed by atoms with Gasteiger partial charge in [-0.25, -0.2) is 8.42 Å². The van der Waals surface area contributed by atoms with Crippen LogP contribution in [-0.2, 0) is 24.3 Å². The van der Waals surface area contributed by atoms with Gasteiger partial charge in [0.2, 0.25) is 10.0 Å². The number of nitrogens with zero attached hydrogens (tertiary/aromatic N) is 1. The van der Waals surface area contributed by atoms with E-state index in [1.165, 1.54) is 17.8 Å². The van der Waals surface area contributed by atoms with Crippen LogP contribution in [0.25, 0.3) is 0 Å². The Kier molecular flexibility index (Phi) is 6.01. The smallest absolute Gasteiger partial charge is 0.308 e. The van der Waals surface area contributed by atoms with Crippen molar-refractivity contribution in [2.24, 2.45) is 5.92 Å². The van der Waals surface area contributed by atoms with Crippen LogP contribution < -0.4 is 0 Å². The van der Waals surface area contributed by atoms with E-state index in [4.69, 9.17) is 4.74 Å². The first-order chi connectivity index (χ1) is 10.0. The maximum Gasteiger partial charge on any atom is 0.308 e. The van der Waals surface area contributed by atoms with E-state index in [0.29, 0.717) is 13.2 Å². The van der Waals surface area contributed by atoms with Gasteiger partial charge in [0.25, 0.3) is 0 Å². The van der Waals surface area contributed by atoms with Gasteiger partial charge in [0.15, 0.2) is 0 Å². The number of carbonyl (C=O) groups excluding carboxylic acids is 1. The van der Waals surface area contributed by atoms with Crippen LogP contribution in [0.3, 0.4) is 0 Å². The van der Waals surface area contributed by atoms with Crippen molar-refractivity contribution in [3.63, 3.8) is 0 Å². The molecule has 0 radical (unpaired) electrons. The fraction of sp³-hybridized carbons (Fsp3) is 0.929. The summed E-state index contributed by atoms with van der Waals surface area (Å²) in [5.41, 5.74) is 0. The van der Waals surface area contributed by atoms with Gasteiger partial charge in [-0.1, -0.05) is 19.3 Å². The molecule has 6 nitrogen and oxygen atoms in total. The van der Waals surface area contributed by atoms with Crippen molar-refractivity contribution in [1.29, 1.82) is 0 Å². The average Bonchev–Trinajstić information content (AvgIpc) is 2.48. The van der Waals surface area contributed by atoms with E-state index < -0.39 is 16.1 Å². The molecule has 0 aromatic carbocycles. The predicted octanol–water partition coefficient (Wildman–Crippen LogP) is 1.16. The third kappa shape index (κ3) is 4.93. The molecule has 1 unspecified atom stereocenters. The number of hydrogen-bond acceptors (Lipinski definition) is 5. The second-order valence-corrected chi connectivity index (χ2v) is 7.93. The molecule has 0 aromatic rings. The lowest BCUT2D eigenvalue weighted by Crippen LogP contribution is -2.47. The first-order valence-electron chi connectivity index (χ1n) is 7.67. The zero-order valence-electron chi connectivity index (χ0n) is 12.6. The molecule has 1 aliphatic carbocycles. The van der Waals surface area contributed by atoms with E-state index in [2.05, 4.69) is 4.74 Å². The Morgan fingerprint density at radius 1 is 1.29 bits per heavy atom. The van der Waals surface area contributed by atoms with Crippen molar-refractivity contribution in [3.05, 3.63) is 0 Å². The van der Waals surface area contributed by atoms with Gasteiger partial charge in [-0.05, 0) is 18.8 Å². The molecular formula is C14H25NO5S. The highest BCUT2D eigenvalue weighted by Gasteiger charge is 2.32. The Morgan fingerprint density at radius 3 is 2.67 bits per heavy atom. The van der Waals surface area contributed by atoms with Crippen LogP contribution in [0.1, 0.15) is 38.5 Å². The van der Waals surface area contributed by atoms with Crippen molar-refractivity contribution in [3.8, 4) is 0 Å². The van der Waals surface area contributed by atoms with Crippen LogP contribution >= 0.6 is 0 Å². The maximum atomic E-state index is 12.5. The largest absolute Gasteiger partial charge is 0.469 e. The number of morpholine rings is 1. The molecule has 7 heteroatoms. The summed E-state index contributed by atoms with van der Waals surface area (Å²) < 4.78 is 36.6. The van der Waals surface area contributed by atoms with Crippen LogP contribution in [0.2, 0.25) is 0 Å². The van der Waals surface area contributed by atoms with Crippen molar-refractivity contribution in [1.82, 2.24) is 4.31 Å². The van der Waals surface area contributed by atoms with Crippen LogP contribution in [0.5, 0.6) is 0 Å². The Balaban J connectivity index is 1.90. The van der Waals surface area contributed by atoms with Crippen molar-refractivity contribution >= 4 is 16.0 Å². The first-order valence-corrected chi connectivity index (χ1v) is 9.28. The molecule has 2 rings (SSSR count). The lowest BCUT2D eigenvalue weighted by atomic mass is 9.91. The predicted molar refractivity (Wildman–Crippen MR) is 78.3 cm³/mol. The quantitative estimate of drug-likeness (QED) is 0.711. The summed E-state index contributed by atoms with van der Waals surface area (Å²) in [6.07, 6.45) is 5.21. The van der Waals surface area contributed by atoms with Crippen LogP contribution in [0.4, 0.5) is 0 Å². The maximum absolute atomic E-state index is 12.5. The summed E-state index contributed by atoms with van der Waals surface area (Å²) in [6.45, 7) is 0.975. The number of hydrogen-bond donors (Lipinski definition) is 0. The van der Waals surface area contributed by atoms with Crippen LogP contribution in [-0.4, -0.2) is 57.4 Å². The molecule has 21 heavy (non-hydrogen) atoms. The van der Waals surface area contributed by atoms with Gasteiger partial charge in [0.1, 0.15) is 0 Å². The molecule has 2 aliphatic rings. The summed E-state index contributed by atoms with van der Waals surface area (Å²) in [4.78, 5) is 11.3. The van der Waals surface area contributed by atoms with Crippen molar-refractivity contribution in [2.45, 2.75) is 44.6 Å². The van der Waals surface area contributed by atoms with Gasteiger partial charge in [-0.2, -0.15) is 4.31 Å². The zero-order chi connectivity index (χ0) is 15.3. The number of methoxy groups -OCH3 is 1. The molecule has 1 saturated carbocycles. The standard InChI is InChI=1S/C14H25NO5S/c1-19-14(16)9-13-10-15(7-8-20-13)21(17,18)11-12-5-3-2-4-6-12/h12-13H,2-11H2,1H3. The molecule has 1 aliphatic heterocycles. The summed E-state index contributed by atoms with van der Waals surface area (Å²) in [5, 5.41) is 0. The molecule has 0 aromatic heterocycles. The summed E-state index contributed by atoms with van der Waals surface area (Å²) in [6, 6.07) is 0. The second kappa shape index (κ2) is 7.56. The number of carbonyl (C=O) groups is 1. The van der Waals surface area contributed by atoms with Crippen LogP contribution in [0.15, 0.2) is 0 Å². The molecule has 0 bridgehead atoms. The monoisotopic (exact) mass is 319 g/mol. The first kappa shape index (κ1) is 16.7. The molecule has 122 valence electrons. The minimum atomic E-state index is -3.26. The van der Waals surface area contributed by atoms with Gasteiger partial charge in [0, 0.05) is 13.1 Å². The Bertz CT molecular complexity index is 444. The number of ether oxygens (including phenoxy) is 2. The van der Waals surface area contributed by atoms with E-state index in [-0.39, 0.29) is 30.6 Å². The summed E-state index contributed by atoms with van der Waals surface area (Å²) >= 11 is 0. The fourth-order valence-corrected chi connectivity index (χ4v) is 4.98. The van der Waals surface area contributed by atoms with E-state index in [1.54, 1.807) is 0 Å². The van der Waals surface area contributed by atoms with Crippen molar-refractivity contribution in [2.75, 3.05) is 32.6 Å². The minimum absolute atomic E-state index is 0.103. The Morgan fingerprint density at radius 2 is 2.00 bits per heavy atom. The molecule has 2 fully saturated rings. The highest BCUT2D eigenvalue weighted by Crippen LogP contribution is 2.26. The van der Waals surface area contributed by atoms with E-state index in [0.717, 1.165) is 25.7 Å². The number of rotatable bonds is 5. The van der Waals surface area contributed by atoms with Crippen molar-refractivity contribution < 1.29 is 22.7 Å². The summed E-state index contributed by atoms with van der Waals surface area (Å²) in [5.74, 6) is 0.148. The Hall–Kier alpha value is -0.660. The fourth-order valence-electron chi connectivity index (χ4n) is 3.09. The number of esters is 1. The topological polar surface area (TPSA) is 72.9 Å². The molecular weight excluding hydrogens is 294 g/mol. The molecule has 0 spiro atoms. The van der Waals surface area contributed by atoms with Gasteiger partial charge < -0.3 is 9.47 Å². The SMILES string of the molecule is COC(=O)CC1CN(S(=O)(=O)CC2CCCCC2)CCO1. The summed E-state index contributed by atoms with van der Waals surface area (Å²) in [7, 11) is -1.94. The number of sulfonamides is 1. The molecule has 1 saturated heterocycles. The van der Waals surface area contributed by atoms with E-state index in [1.807, 2.05) is 0 Å². The van der Waals surface area contributed by atoms with Gasteiger partial charge in [0.05, 0.1) is 32.0 Å². The second-order valence-electron chi connectivity index (χ2n) is 5.91. The minimum Gasteiger partial charge on any atom is -0.469 e. The van der Waals surface area contributed by atoms with Gasteiger partial charge in [-0.3, -0.25) is 4.79 Å². The van der Waals surface area contributed by atoms with Gasteiger partial charge in [-0.15, -0.1) is 0 Å². The normalized spacial score (nSPS) is 25.7. The Labute approximate surface area is 126 Å². The lowest BCUT2D eigenvalue weighted by molar-refractivity contribution is -0.145. The van der Waals surface area contributed by atoms with Gasteiger partial charge >= 0.3 is 5.97 Å². The molecule has 1 atom stereocenters. The molecule has 1 heterocycles. The molecule has 0 N–H and O–H groups in total. The van der Waals surface area contributed by atoms with E-state index in [9.17, 15) is 13.2 Å². The van der Waals surface area contributed by atoms with Crippen LogP contribution in [0, 0.1) is 5.92 Å². The average molecular weight is 319 g/mol.